The van der Waals surface area contributed by atoms with E-state index < -0.39 is 23.9 Å². The molecule has 0 spiro atoms. The van der Waals surface area contributed by atoms with Crippen LogP contribution in [0.1, 0.15) is 49.4 Å². The van der Waals surface area contributed by atoms with Crippen LogP contribution in [0.3, 0.4) is 0 Å². The Morgan fingerprint density at radius 3 is 2.41 bits per heavy atom. The number of amides is 1. The van der Waals surface area contributed by atoms with Gasteiger partial charge in [0, 0.05) is 6.54 Å². The van der Waals surface area contributed by atoms with Crippen LogP contribution in [0, 0.1) is 0 Å². The van der Waals surface area contributed by atoms with E-state index in [0.29, 0.717) is 26.2 Å². The number of carbonyl (C=O) groups excluding carboxylic acids is 3. The summed E-state index contributed by atoms with van der Waals surface area (Å²) in [6.07, 6.45) is 4.14. The summed E-state index contributed by atoms with van der Waals surface area (Å²) in [5.41, 5.74) is 5.58. The molecule has 0 aromatic heterocycles. The first kappa shape index (κ1) is 24.7. The lowest BCUT2D eigenvalue weighted by Crippen LogP contribution is -2.44. The minimum Gasteiger partial charge on any atom is -0.388 e. The zero-order chi connectivity index (χ0) is 21.3. The van der Waals surface area contributed by atoms with Gasteiger partial charge in [-0.2, -0.15) is 0 Å². The van der Waals surface area contributed by atoms with Crippen LogP contribution >= 0.6 is 0 Å². The van der Waals surface area contributed by atoms with Crippen LogP contribution < -0.4 is 11.1 Å². The molecule has 0 radical (unpaired) electrons. The van der Waals surface area contributed by atoms with Crippen molar-refractivity contribution in [2.45, 2.75) is 45.1 Å². The first-order chi connectivity index (χ1) is 14.1. The van der Waals surface area contributed by atoms with Crippen molar-refractivity contribution in [1.82, 2.24) is 5.32 Å². The number of hydrogen-bond acceptors (Lipinski definition) is 7. The number of hydrogen-bond donors (Lipinski definition) is 2. The average molecular weight is 408 g/mol. The van der Waals surface area contributed by atoms with E-state index in [0.717, 1.165) is 25.7 Å². The highest BCUT2D eigenvalue weighted by atomic mass is 16.6. The van der Waals surface area contributed by atoms with Crippen LogP contribution in [0.5, 0.6) is 0 Å². The molecule has 0 heterocycles. The molecule has 0 aliphatic carbocycles. The van der Waals surface area contributed by atoms with Crippen LogP contribution in [0.15, 0.2) is 30.3 Å². The summed E-state index contributed by atoms with van der Waals surface area (Å²) in [5, 5.41) is 2.60. The minimum absolute atomic E-state index is 0.211. The van der Waals surface area contributed by atoms with Gasteiger partial charge in [-0.3, -0.25) is 4.79 Å². The third kappa shape index (κ3) is 11.3. The molecule has 3 N–H and O–H groups in total. The first-order valence-electron chi connectivity index (χ1n) is 10.0. The number of benzene rings is 1. The van der Waals surface area contributed by atoms with Gasteiger partial charge in [0.1, 0.15) is 12.6 Å². The molecular formula is C21H32N2O6. The second kappa shape index (κ2) is 15.6. The lowest BCUT2D eigenvalue weighted by molar-refractivity contribution is -0.143. The summed E-state index contributed by atoms with van der Waals surface area (Å²) in [6, 6.07) is 7.34. The topological polar surface area (TPSA) is 117 Å². The molecule has 0 bridgehead atoms. The van der Waals surface area contributed by atoms with E-state index in [4.69, 9.17) is 19.9 Å². The smallest absolute Gasteiger partial charge is 0.345 e. The molecule has 0 aliphatic heterocycles. The molecule has 1 amide bonds. The number of nitrogens with one attached hydrogen (secondary N) is 1. The van der Waals surface area contributed by atoms with Crippen molar-refractivity contribution < 1.29 is 28.6 Å². The van der Waals surface area contributed by atoms with E-state index in [2.05, 4.69) is 12.2 Å². The van der Waals surface area contributed by atoms with Crippen LogP contribution in [-0.2, 0) is 23.8 Å². The van der Waals surface area contributed by atoms with E-state index in [1.807, 2.05) is 0 Å². The van der Waals surface area contributed by atoms with Gasteiger partial charge in [-0.1, -0.05) is 50.8 Å². The zero-order valence-corrected chi connectivity index (χ0v) is 17.1. The second-order valence-electron chi connectivity index (χ2n) is 6.50. The van der Waals surface area contributed by atoms with Crippen LogP contribution in [0.25, 0.3) is 0 Å². The fourth-order valence-corrected chi connectivity index (χ4v) is 2.52. The van der Waals surface area contributed by atoms with Gasteiger partial charge >= 0.3 is 11.9 Å². The molecule has 0 fully saturated rings. The molecule has 1 atom stereocenters. The number of unbranched alkanes of at least 4 members (excludes halogenated alkanes) is 3. The lowest BCUT2D eigenvalue weighted by Gasteiger charge is -2.17. The Bertz CT molecular complexity index is 608. The average Bonchev–Trinajstić information content (AvgIpc) is 2.73. The van der Waals surface area contributed by atoms with Crippen molar-refractivity contribution in [3.05, 3.63) is 35.9 Å². The van der Waals surface area contributed by atoms with Crippen molar-refractivity contribution in [3.8, 4) is 0 Å². The molecule has 0 saturated heterocycles. The normalized spacial score (nSPS) is 11.7. The van der Waals surface area contributed by atoms with Crippen molar-refractivity contribution in [2.24, 2.45) is 5.73 Å². The number of ether oxygens (including phenoxy) is 3. The predicted octanol–water partition coefficient (Wildman–Crippen LogP) is 1.82. The first-order valence-corrected chi connectivity index (χ1v) is 10.0. The van der Waals surface area contributed by atoms with Gasteiger partial charge in [0.15, 0.2) is 0 Å². The molecule has 162 valence electrons. The Morgan fingerprint density at radius 1 is 1.00 bits per heavy atom. The Balaban J connectivity index is 2.51. The van der Waals surface area contributed by atoms with Gasteiger partial charge in [0.2, 0.25) is 5.91 Å². The Hall–Kier alpha value is -2.29. The van der Waals surface area contributed by atoms with Gasteiger partial charge in [-0.05, 0) is 18.6 Å². The maximum Gasteiger partial charge on any atom is 0.345 e. The highest BCUT2D eigenvalue weighted by Gasteiger charge is 2.25. The standard InChI is InChI=1S/C21H32N2O6/c1-2-3-4-8-11-18(23-19(24)16-28-15-14-27-13-12-22)21(26)29-20(25)17-9-6-5-7-10-17/h5-7,9-10,18H,2-4,8,11-16,22H2,1H3,(H,23,24)/t18-/m0/s1. The summed E-state index contributed by atoms with van der Waals surface area (Å²) in [6.45, 7) is 3.29. The molecule has 0 unspecified atom stereocenters. The number of esters is 2. The summed E-state index contributed by atoms with van der Waals surface area (Å²) < 4.78 is 15.3. The van der Waals surface area contributed by atoms with Gasteiger partial charge in [0.25, 0.3) is 0 Å². The highest BCUT2D eigenvalue weighted by Crippen LogP contribution is 2.09. The minimum atomic E-state index is -0.899. The van der Waals surface area contributed by atoms with Crippen LogP contribution in [-0.4, -0.2) is 56.9 Å². The summed E-state index contributed by atoms with van der Waals surface area (Å²) in [7, 11) is 0. The Kier molecular flexibility index (Phi) is 13.3. The molecule has 0 saturated carbocycles. The molecular weight excluding hydrogens is 376 g/mol. The molecule has 8 nitrogen and oxygen atoms in total. The number of rotatable bonds is 15. The van der Waals surface area contributed by atoms with Crippen LogP contribution in [0.4, 0.5) is 0 Å². The van der Waals surface area contributed by atoms with E-state index in [9.17, 15) is 14.4 Å². The fraction of sp³-hybridized carbons (Fsp3) is 0.571. The van der Waals surface area contributed by atoms with E-state index in [1.54, 1.807) is 30.3 Å². The predicted molar refractivity (Wildman–Crippen MR) is 108 cm³/mol. The van der Waals surface area contributed by atoms with Gasteiger partial charge in [-0.15, -0.1) is 0 Å². The molecule has 8 heteroatoms. The van der Waals surface area contributed by atoms with Crippen molar-refractivity contribution in [1.29, 1.82) is 0 Å². The lowest BCUT2D eigenvalue weighted by atomic mass is 10.1. The van der Waals surface area contributed by atoms with Crippen molar-refractivity contribution in [3.63, 3.8) is 0 Å². The fourth-order valence-electron chi connectivity index (χ4n) is 2.52. The van der Waals surface area contributed by atoms with Crippen molar-refractivity contribution >= 4 is 17.8 Å². The maximum absolute atomic E-state index is 12.4. The van der Waals surface area contributed by atoms with Gasteiger partial charge in [-0.25, -0.2) is 9.59 Å². The van der Waals surface area contributed by atoms with Crippen LogP contribution in [0.2, 0.25) is 0 Å². The second-order valence-corrected chi connectivity index (χ2v) is 6.50. The van der Waals surface area contributed by atoms with E-state index in [-0.39, 0.29) is 18.8 Å². The van der Waals surface area contributed by atoms with Gasteiger partial charge < -0.3 is 25.3 Å². The van der Waals surface area contributed by atoms with Crippen molar-refractivity contribution in [2.75, 3.05) is 33.0 Å². The SMILES string of the molecule is CCCCCC[C@H](NC(=O)COCCOCCN)C(=O)OC(=O)c1ccccc1. The number of carbonyl (C=O) groups is 3. The summed E-state index contributed by atoms with van der Waals surface area (Å²) in [4.78, 5) is 36.7. The monoisotopic (exact) mass is 408 g/mol. The quantitative estimate of drug-likeness (QED) is 0.258. The summed E-state index contributed by atoms with van der Waals surface area (Å²) in [5.74, 6) is -1.96. The number of nitrogens with two attached hydrogens (primary N) is 1. The zero-order valence-electron chi connectivity index (χ0n) is 17.1. The highest BCUT2D eigenvalue weighted by molar-refractivity contribution is 5.99. The largest absolute Gasteiger partial charge is 0.388 e. The van der Waals surface area contributed by atoms with E-state index in [1.165, 1.54) is 0 Å². The molecule has 1 rings (SSSR count). The Morgan fingerprint density at radius 2 is 1.72 bits per heavy atom. The Labute approximate surface area is 172 Å². The molecule has 0 aliphatic rings. The summed E-state index contributed by atoms with van der Waals surface area (Å²) >= 11 is 0. The maximum atomic E-state index is 12.4. The third-order valence-corrected chi connectivity index (χ3v) is 4.04. The molecule has 29 heavy (non-hydrogen) atoms. The molecule has 1 aromatic rings. The van der Waals surface area contributed by atoms with Gasteiger partial charge in [0.05, 0.1) is 25.4 Å². The van der Waals surface area contributed by atoms with E-state index >= 15 is 0 Å². The molecule has 1 aromatic carbocycles. The third-order valence-electron chi connectivity index (χ3n) is 4.04.